The Hall–Kier alpha value is -3.73. The number of carboxylic acids is 2. The summed E-state index contributed by atoms with van der Waals surface area (Å²) in [6, 6.07) is 12.4. The van der Waals surface area contributed by atoms with Gasteiger partial charge < -0.3 is 37.1 Å². The second kappa shape index (κ2) is 11.6. The highest BCUT2D eigenvalue weighted by molar-refractivity contribution is 5.84. The molecule has 2 atom stereocenters. The molecule has 0 aliphatic heterocycles. The standard InChI is InChI=1S/C11H14N2O4.C11H12N2O2/c12-6-10(14)17-8-3-1-7(2-4-8)5-9(13)11(15)16;12-9(11(14)15)5-7-6-13-10-4-2-1-3-8(7)10/h1-4,9H,5-6,12-13H2,(H,15,16);1-4,6,9,13H,5,12H2,(H,14,15)/t2*9-/m00/s1. The van der Waals surface area contributed by atoms with Crippen LogP contribution in [0.15, 0.2) is 54.7 Å². The van der Waals surface area contributed by atoms with E-state index in [-0.39, 0.29) is 13.0 Å². The quantitative estimate of drug-likeness (QED) is 0.214. The number of nitrogens with one attached hydrogen (secondary N) is 1. The molecular formula is C22H26N4O6. The highest BCUT2D eigenvalue weighted by Crippen LogP contribution is 2.18. The van der Waals surface area contributed by atoms with Crippen LogP contribution in [0.2, 0.25) is 0 Å². The number of rotatable bonds is 8. The van der Waals surface area contributed by atoms with Crippen molar-refractivity contribution in [2.45, 2.75) is 24.9 Å². The summed E-state index contributed by atoms with van der Waals surface area (Å²) in [5, 5.41) is 18.4. The molecule has 0 saturated heterocycles. The van der Waals surface area contributed by atoms with Crippen LogP contribution in [0.25, 0.3) is 10.9 Å². The fourth-order valence-corrected chi connectivity index (χ4v) is 2.83. The number of aliphatic carboxylic acids is 2. The van der Waals surface area contributed by atoms with Crippen molar-refractivity contribution < 1.29 is 29.3 Å². The number of H-pyrrole nitrogens is 1. The minimum absolute atomic E-state index is 0.189. The number of esters is 1. The zero-order valence-corrected chi connectivity index (χ0v) is 17.2. The number of ether oxygens (including phenoxy) is 1. The number of benzene rings is 2. The van der Waals surface area contributed by atoms with E-state index < -0.39 is 30.0 Å². The van der Waals surface area contributed by atoms with Gasteiger partial charge in [-0.25, -0.2) is 0 Å². The lowest BCUT2D eigenvalue weighted by Gasteiger charge is -2.07. The summed E-state index contributed by atoms with van der Waals surface area (Å²) >= 11 is 0. The highest BCUT2D eigenvalue weighted by atomic mass is 16.5. The van der Waals surface area contributed by atoms with Gasteiger partial charge in [0, 0.05) is 23.5 Å². The zero-order chi connectivity index (χ0) is 23.7. The largest absolute Gasteiger partial charge is 0.480 e. The summed E-state index contributed by atoms with van der Waals surface area (Å²) in [4.78, 5) is 35.1. The molecule has 0 aliphatic carbocycles. The van der Waals surface area contributed by atoms with Crippen LogP contribution in [0.3, 0.4) is 0 Å². The SMILES string of the molecule is NCC(=O)Oc1ccc(C[C@H](N)C(=O)O)cc1.N[C@@H](Cc1c[nH]c2ccccc12)C(=O)O. The molecule has 0 saturated carbocycles. The van der Waals surface area contributed by atoms with Gasteiger partial charge in [0.2, 0.25) is 0 Å². The van der Waals surface area contributed by atoms with Crippen LogP contribution in [0.4, 0.5) is 0 Å². The second-order valence-electron chi connectivity index (χ2n) is 6.98. The number of carbonyl (C=O) groups excluding carboxylic acids is 1. The smallest absolute Gasteiger partial charge is 0.325 e. The van der Waals surface area contributed by atoms with E-state index in [0.717, 1.165) is 22.0 Å². The number of hydrogen-bond acceptors (Lipinski definition) is 7. The molecule has 9 N–H and O–H groups in total. The van der Waals surface area contributed by atoms with Crippen LogP contribution in [0.1, 0.15) is 11.1 Å². The molecule has 0 radical (unpaired) electrons. The third-order valence-corrected chi connectivity index (χ3v) is 4.53. The Morgan fingerprint density at radius 2 is 1.50 bits per heavy atom. The number of carboxylic acid groups (broad SMARTS) is 2. The average Bonchev–Trinajstić information content (AvgIpc) is 3.18. The van der Waals surface area contributed by atoms with Gasteiger partial charge in [-0.05, 0) is 35.7 Å². The van der Waals surface area contributed by atoms with Gasteiger partial charge in [0.25, 0.3) is 0 Å². The Morgan fingerprint density at radius 3 is 2.09 bits per heavy atom. The van der Waals surface area contributed by atoms with E-state index >= 15 is 0 Å². The van der Waals surface area contributed by atoms with E-state index in [1.807, 2.05) is 30.5 Å². The molecule has 1 aromatic heterocycles. The number of nitrogens with two attached hydrogens (primary N) is 3. The first-order valence-corrected chi connectivity index (χ1v) is 9.72. The Labute approximate surface area is 184 Å². The molecule has 3 aromatic rings. The van der Waals surface area contributed by atoms with E-state index in [1.54, 1.807) is 24.3 Å². The van der Waals surface area contributed by atoms with Gasteiger partial charge in [0.05, 0.1) is 6.54 Å². The van der Waals surface area contributed by atoms with Crippen molar-refractivity contribution in [2.75, 3.05) is 6.54 Å². The molecule has 32 heavy (non-hydrogen) atoms. The van der Waals surface area contributed by atoms with Gasteiger partial charge in [-0.3, -0.25) is 14.4 Å². The first kappa shape index (κ1) is 24.5. The molecule has 2 aromatic carbocycles. The Balaban J connectivity index is 0.000000228. The Morgan fingerprint density at radius 1 is 0.906 bits per heavy atom. The van der Waals surface area contributed by atoms with Crippen molar-refractivity contribution in [2.24, 2.45) is 17.2 Å². The monoisotopic (exact) mass is 442 g/mol. The Kier molecular flexibility index (Phi) is 8.90. The number of aromatic amines is 1. The van der Waals surface area contributed by atoms with Crippen LogP contribution in [0.5, 0.6) is 5.75 Å². The highest BCUT2D eigenvalue weighted by Gasteiger charge is 2.14. The van der Waals surface area contributed by atoms with E-state index in [9.17, 15) is 14.4 Å². The third kappa shape index (κ3) is 7.20. The first-order valence-electron chi connectivity index (χ1n) is 9.72. The molecule has 170 valence electrons. The predicted octanol–water partition coefficient (Wildman–Crippen LogP) is 0.627. The number of hydrogen-bond donors (Lipinski definition) is 6. The molecule has 0 aliphatic rings. The van der Waals surface area contributed by atoms with Gasteiger partial charge >= 0.3 is 17.9 Å². The van der Waals surface area contributed by atoms with E-state index in [2.05, 4.69) is 4.98 Å². The van der Waals surface area contributed by atoms with Crippen molar-refractivity contribution in [3.05, 3.63) is 65.9 Å². The topological polar surface area (TPSA) is 195 Å². The summed E-state index contributed by atoms with van der Waals surface area (Å²) in [5.41, 5.74) is 18.7. The second-order valence-corrected chi connectivity index (χ2v) is 6.98. The zero-order valence-electron chi connectivity index (χ0n) is 17.2. The summed E-state index contributed by atoms with van der Waals surface area (Å²) < 4.78 is 4.86. The molecule has 1 heterocycles. The van der Waals surface area contributed by atoms with Crippen LogP contribution >= 0.6 is 0 Å². The van der Waals surface area contributed by atoms with Gasteiger partial charge in [-0.1, -0.05) is 30.3 Å². The molecule has 3 rings (SSSR count). The van der Waals surface area contributed by atoms with Crippen molar-refractivity contribution in [3.63, 3.8) is 0 Å². The maximum atomic E-state index is 10.9. The first-order chi connectivity index (χ1) is 15.2. The summed E-state index contributed by atoms with van der Waals surface area (Å²) in [6.07, 6.45) is 2.38. The molecule has 0 unspecified atom stereocenters. The number of carbonyl (C=O) groups is 3. The lowest BCUT2D eigenvalue weighted by molar-refractivity contribution is -0.139. The molecule has 0 spiro atoms. The number of para-hydroxylation sites is 1. The lowest BCUT2D eigenvalue weighted by Crippen LogP contribution is -2.32. The molecule has 0 bridgehead atoms. The lowest BCUT2D eigenvalue weighted by atomic mass is 10.1. The molecule has 10 heteroatoms. The van der Waals surface area contributed by atoms with E-state index in [1.165, 1.54) is 0 Å². The molecule has 0 amide bonds. The number of aromatic nitrogens is 1. The van der Waals surface area contributed by atoms with Gasteiger partial charge in [-0.2, -0.15) is 0 Å². The minimum atomic E-state index is -1.05. The van der Waals surface area contributed by atoms with Crippen molar-refractivity contribution >= 4 is 28.8 Å². The maximum absolute atomic E-state index is 10.9. The van der Waals surface area contributed by atoms with Gasteiger partial charge in [-0.15, -0.1) is 0 Å². The summed E-state index contributed by atoms with van der Waals surface area (Å²) in [7, 11) is 0. The Bertz CT molecular complexity index is 1060. The molecule has 10 nitrogen and oxygen atoms in total. The van der Waals surface area contributed by atoms with Gasteiger partial charge in [0.15, 0.2) is 0 Å². The summed E-state index contributed by atoms with van der Waals surface area (Å²) in [5.74, 6) is -2.18. The van der Waals surface area contributed by atoms with Crippen molar-refractivity contribution in [1.82, 2.24) is 4.98 Å². The average molecular weight is 442 g/mol. The molecular weight excluding hydrogens is 416 g/mol. The van der Waals surface area contributed by atoms with Crippen molar-refractivity contribution in [1.29, 1.82) is 0 Å². The van der Waals surface area contributed by atoms with E-state index in [4.69, 9.17) is 32.2 Å². The predicted molar refractivity (Wildman–Crippen MR) is 118 cm³/mol. The fraction of sp³-hybridized carbons (Fsp3) is 0.227. The maximum Gasteiger partial charge on any atom is 0.325 e. The van der Waals surface area contributed by atoms with Crippen molar-refractivity contribution in [3.8, 4) is 5.75 Å². The van der Waals surface area contributed by atoms with Gasteiger partial charge in [0.1, 0.15) is 17.8 Å². The van der Waals surface area contributed by atoms with Crippen LogP contribution in [0, 0.1) is 0 Å². The van der Waals surface area contributed by atoms with Crippen LogP contribution < -0.4 is 21.9 Å². The normalized spacial score (nSPS) is 12.3. The fourth-order valence-electron chi connectivity index (χ4n) is 2.83. The van der Waals surface area contributed by atoms with E-state index in [0.29, 0.717) is 12.2 Å². The summed E-state index contributed by atoms with van der Waals surface area (Å²) in [6.45, 7) is -0.189. The molecule has 0 fully saturated rings. The van der Waals surface area contributed by atoms with Crippen LogP contribution in [-0.4, -0.2) is 51.7 Å². The van der Waals surface area contributed by atoms with Crippen LogP contribution in [-0.2, 0) is 27.2 Å². The third-order valence-electron chi connectivity index (χ3n) is 4.53. The minimum Gasteiger partial charge on any atom is -0.480 e. The number of fused-ring (bicyclic) bond motifs is 1.